The molecule has 2 nitrogen and oxygen atoms in total. The number of hydrogen-bond donors (Lipinski definition) is 0. The smallest absolute Gasteiger partial charge is 0.134 e. The van der Waals surface area contributed by atoms with Gasteiger partial charge in [0, 0.05) is 18.9 Å². The third-order valence-electron chi connectivity index (χ3n) is 4.99. The summed E-state index contributed by atoms with van der Waals surface area (Å²) in [6.07, 6.45) is 7.77. The van der Waals surface area contributed by atoms with Crippen molar-refractivity contribution in [1.29, 1.82) is 0 Å². The molecule has 1 aromatic carbocycles. The first-order valence-electron chi connectivity index (χ1n) is 8.11. The predicted octanol–water partition coefficient (Wildman–Crippen LogP) is 3.45. The molecule has 1 atom stereocenters. The Bertz CT molecular complexity index is 434. The summed E-state index contributed by atoms with van der Waals surface area (Å²) in [4.78, 5) is 14.2. The average Bonchev–Trinajstić information content (AvgIpc) is 2.49. The van der Waals surface area contributed by atoms with E-state index in [4.69, 9.17) is 0 Å². The van der Waals surface area contributed by atoms with Crippen LogP contribution in [0.15, 0.2) is 30.3 Å². The molecule has 0 amide bonds. The van der Waals surface area contributed by atoms with Crippen molar-refractivity contribution in [3.8, 4) is 0 Å². The molecule has 3 rings (SSSR count). The van der Waals surface area contributed by atoms with Crippen LogP contribution < -0.4 is 0 Å². The highest BCUT2D eigenvalue weighted by Gasteiger charge is 2.28. The lowest BCUT2D eigenvalue weighted by molar-refractivity contribution is -0.122. The lowest BCUT2D eigenvalue weighted by Gasteiger charge is -2.39. The number of carbonyl (C=O) groups excluding carboxylic acids is 1. The summed E-state index contributed by atoms with van der Waals surface area (Å²) in [5, 5.41) is 0. The van der Waals surface area contributed by atoms with E-state index in [0.29, 0.717) is 11.8 Å². The summed E-state index contributed by atoms with van der Waals surface area (Å²) in [6.45, 7) is 2.38. The molecule has 1 aliphatic carbocycles. The second-order valence-electron chi connectivity index (χ2n) is 6.46. The lowest BCUT2D eigenvalue weighted by Crippen LogP contribution is -2.44. The largest absolute Gasteiger partial charge is 0.300 e. The van der Waals surface area contributed by atoms with Crippen LogP contribution in [0.25, 0.3) is 0 Å². The minimum Gasteiger partial charge on any atom is -0.300 e. The first kappa shape index (κ1) is 13.8. The van der Waals surface area contributed by atoms with Crippen molar-refractivity contribution in [3.63, 3.8) is 0 Å². The molecule has 1 saturated heterocycles. The number of Topliss-reactive ketones (excluding diaryl/α,β-unsaturated/α-hetero) is 1. The van der Waals surface area contributed by atoms with Crippen molar-refractivity contribution in [2.75, 3.05) is 13.1 Å². The van der Waals surface area contributed by atoms with E-state index in [-0.39, 0.29) is 0 Å². The molecule has 0 spiro atoms. The van der Waals surface area contributed by atoms with Gasteiger partial charge in [0.2, 0.25) is 0 Å². The molecule has 1 heterocycles. The van der Waals surface area contributed by atoms with Crippen LogP contribution in [0.1, 0.15) is 44.1 Å². The molecule has 1 aliphatic heterocycles. The van der Waals surface area contributed by atoms with Gasteiger partial charge >= 0.3 is 0 Å². The highest BCUT2D eigenvalue weighted by Crippen LogP contribution is 2.27. The molecule has 2 aliphatic rings. The van der Waals surface area contributed by atoms with Crippen molar-refractivity contribution < 1.29 is 4.79 Å². The molecule has 108 valence electrons. The number of carbonyl (C=O) groups is 1. The monoisotopic (exact) mass is 271 g/mol. The molecule has 20 heavy (non-hydrogen) atoms. The second-order valence-corrected chi connectivity index (χ2v) is 6.46. The van der Waals surface area contributed by atoms with Crippen LogP contribution in [0.5, 0.6) is 0 Å². The van der Waals surface area contributed by atoms with E-state index in [1.165, 1.54) is 44.3 Å². The van der Waals surface area contributed by atoms with Crippen molar-refractivity contribution >= 4 is 5.78 Å². The number of ketones is 1. The van der Waals surface area contributed by atoms with E-state index < -0.39 is 0 Å². The van der Waals surface area contributed by atoms with E-state index in [2.05, 4.69) is 35.2 Å². The van der Waals surface area contributed by atoms with E-state index in [0.717, 1.165) is 25.2 Å². The summed E-state index contributed by atoms with van der Waals surface area (Å²) < 4.78 is 0. The minimum atomic E-state index is 0.479. The Morgan fingerprint density at radius 3 is 2.50 bits per heavy atom. The van der Waals surface area contributed by atoms with Crippen molar-refractivity contribution in [2.45, 2.75) is 51.0 Å². The zero-order valence-corrected chi connectivity index (χ0v) is 12.3. The molecule has 0 N–H and O–H groups in total. The Labute approximate surface area is 122 Å². The maximum atomic E-state index is 11.6. The van der Waals surface area contributed by atoms with E-state index in [9.17, 15) is 4.79 Å². The summed E-state index contributed by atoms with van der Waals surface area (Å²) in [5.74, 6) is 1.31. The molecule has 1 unspecified atom stereocenters. The maximum Gasteiger partial charge on any atom is 0.134 e. The first-order valence-corrected chi connectivity index (χ1v) is 8.11. The number of nitrogens with zero attached hydrogens (tertiary/aromatic N) is 1. The molecule has 0 aromatic heterocycles. The Morgan fingerprint density at radius 2 is 1.80 bits per heavy atom. The lowest BCUT2D eigenvalue weighted by atomic mass is 9.87. The van der Waals surface area contributed by atoms with Gasteiger partial charge in [-0.15, -0.1) is 0 Å². The Morgan fingerprint density at radius 1 is 1.05 bits per heavy atom. The Balaban J connectivity index is 1.48. The molecule has 0 bridgehead atoms. The van der Waals surface area contributed by atoms with E-state index in [1.807, 2.05) is 0 Å². The van der Waals surface area contributed by atoms with Crippen molar-refractivity contribution in [3.05, 3.63) is 35.9 Å². The number of likely N-dealkylation sites (tertiary alicyclic amines) is 1. The number of benzene rings is 1. The maximum absolute atomic E-state index is 11.6. The zero-order chi connectivity index (χ0) is 13.8. The summed E-state index contributed by atoms with van der Waals surface area (Å²) in [7, 11) is 0. The molecule has 2 fully saturated rings. The fourth-order valence-corrected chi connectivity index (χ4v) is 3.78. The van der Waals surface area contributed by atoms with Gasteiger partial charge in [-0.25, -0.2) is 0 Å². The quantitative estimate of drug-likeness (QED) is 0.839. The highest BCUT2D eigenvalue weighted by molar-refractivity contribution is 5.79. The topological polar surface area (TPSA) is 20.3 Å². The van der Waals surface area contributed by atoms with Crippen molar-refractivity contribution in [2.24, 2.45) is 5.92 Å². The molecule has 1 saturated carbocycles. The van der Waals surface area contributed by atoms with E-state index >= 15 is 0 Å². The Hall–Kier alpha value is -1.15. The molecular formula is C18H25NO. The normalized spacial score (nSPS) is 25.8. The molecule has 2 heteroatoms. The summed E-state index contributed by atoms with van der Waals surface area (Å²) in [6, 6.07) is 11.4. The van der Waals surface area contributed by atoms with Crippen molar-refractivity contribution in [1.82, 2.24) is 4.90 Å². The van der Waals surface area contributed by atoms with Crippen LogP contribution in [0.2, 0.25) is 0 Å². The van der Waals surface area contributed by atoms with Crippen LogP contribution in [0.3, 0.4) is 0 Å². The fraction of sp³-hybridized carbons (Fsp3) is 0.611. The fourth-order valence-electron chi connectivity index (χ4n) is 3.78. The number of hydrogen-bond acceptors (Lipinski definition) is 2. The molecule has 0 radical (unpaired) electrons. The zero-order valence-electron chi connectivity index (χ0n) is 12.3. The van der Waals surface area contributed by atoms with Crippen LogP contribution >= 0.6 is 0 Å². The van der Waals surface area contributed by atoms with Gasteiger partial charge in [-0.05, 0) is 56.7 Å². The Kier molecular flexibility index (Phi) is 4.51. The summed E-state index contributed by atoms with van der Waals surface area (Å²) >= 11 is 0. The first-order chi connectivity index (χ1) is 9.81. The van der Waals surface area contributed by atoms with Gasteiger partial charge < -0.3 is 0 Å². The van der Waals surface area contributed by atoms with Crippen LogP contribution in [-0.2, 0) is 11.2 Å². The van der Waals surface area contributed by atoms with Gasteiger partial charge in [-0.2, -0.15) is 0 Å². The van der Waals surface area contributed by atoms with Crippen LogP contribution in [0.4, 0.5) is 0 Å². The molecular weight excluding hydrogens is 246 g/mol. The van der Waals surface area contributed by atoms with Gasteiger partial charge in [0.25, 0.3) is 0 Å². The molecule has 1 aromatic rings. The number of piperidine rings is 1. The van der Waals surface area contributed by atoms with Gasteiger partial charge in [0.05, 0.1) is 0 Å². The second kappa shape index (κ2) is 6.53. The third kappa shape index (κ3) is 3.49. The van der Waals surface area contributed by atoms with Gasteiger partial charge in [0.15, 0.2) is 0 Å². The third-order valence-corrected chi connectivity index (χ3v) is 4.99. The standard InChI is InChI=1S/C18H25NO/c20-18-8-4-7-17(14-18)19-11-9-16(10-12-19)13-15-5-2-1-3-6-15/h1-3,5-6,16-17H,4,7-14H2. The van der Waals surface area contributed by atoms with Crippen LogP contribution in [0, 0.1) is 5.92 Å². The van der Waals surface area contributed by atoms with E-state index in [1.54, 1.807) is 0 Å². The predicted molar refractivity (Wildman–Crippen MR) is 81.7 cm³/mol. The van der Waals surface area contributed by atoms with Gasteiger partial charge in [0.1, 0.15) is 5.78 Å². The van der Waals surface area contributed by atoms with Crippen LogP contribution in [-0.4, -0.2) is 29.8 Å². The van der Waals surface area contributed by atoms with Gasteiger partial charge in [-0.3, -0.25) is 9.69 Å². The minimum absolute atomic E-state index is 0.479. The SMILES string of the molecule is O=C1CCCC(N2CCC(Cc3ccccc3)CC2)C1. The van der Waals surface area contributed by atoms with Gasteiger partial charge in [-0.1, -0.05) is 30.3 Å². The number of rotatable bonds is 3. The average molecular weight is 271 g/mol. The summed E-state index contributed by atoms with van der Waals surface area (Å²) in [5.41, 5.74) is 1.47. The highest BCUT2D eigenvalue weighted by atomic mass is 16.1.